The third-order valence-electron chi connectivity index (χ3n) is 3.35. The van der Waals surface area contributed by atoms with Gasteiger partial charge in [-0.1, -0.05) is 26.7 Å². The van der Waals surface area contributed by atoms with E-state index in [-0.39, 0.29) is 23.7 Å². The van der Waals surface area contributed by atoms with Gasteiger partial charge in [0.25, 0.3) is 0 Å². The molecule has 0 radical (unpaired) electrons. The Kier molecular flexibility index (Phi) is 5.39. The summed E-state index contributed by atoms with van der Waals surface area (Å²) in [4.78, 5) is 24.2. The summed E-state index contributed by atoms with van der Waals surface area (Å²) in [5.74, 6) is -0.236. The number of rotatable bonds is 4. The predicted octanol–water partition coefficient (Wildman–Crippen LogP) is 2.66. The molecule has 4 nitrogen and oxygen atoms in total. The second-order valence-electron chi connectivity index (χ2n) is 6.75. The molecule has 0 saturated heterocycles. The number of carbonyl (C=O) groups is 2. The van der Waals surface area contributed by atoms with E-state index in [1.54, 1.807) is 0 Å². The largest absolute Gasteiger partial charge is 0.458 e. The van der Waals surface area contributed by atoms with Crippen LogP contribution in [-0.4, -0.2) is 23.5 Å². The molecule has 1 aliphatic rings. The van der Waals surface area contributed by atoms with Crippen LogP contribution in [-0.2, 0) is 14.3 Å². The van der Waals surface area contributed by atoms with Gasteiger partial charge in [-0.05, 0) is 39.5 Å². The Morgan fingerprint density at radius 1 is 1.16 bits per heavy atom. The van der Waals surface area contributed by atoms with Crippen LogP contribution in [0.1, 0.15) is 60.3 Å². The van der Waals surface area contributed by atoms with Crippen molar-refractivity contribution in [2.24, 2.45) is 11.8 Å². The van der Waals surface area contributed by atoms with Gasteiger partial charge in [-0.3, -0.25) is 4.79 Å². The molecule has 110 valence electrons. The zero-order valence-electron chi connectivity index (χ0n) is 12.8. The molecule has 0 bridgehead atoms. The second-order valence-corrected chi connectivity index (χ2v) is 6.75. The number of esters is 1. The fourth-order valence-electron chi connectivity index (χ4n) is 2.32. The van der Waals surface area contributed by atoms with Crippen molar-refractivity contribution in [1.82, 2.24) is 5.32 Å². The lowest BCUT2D eigenvalue weighted by atomic mass is 10.0. The zero-order chi connectivity index (χ0) is 14.6. The summed E-state index contributed by atoms with van der Waals surface area (Å²) in [6.07, 6.45) is 4.09. The highest BCUT2D eigenvalue weighted by atomic mass is 16.6. The minimum absolute atomic E-state index is 0.00191. The van der Waals surface area contributed by atoms with E-state index in [0.717, 1.165) is 25.7 Å². The number of hydrogen-bond acceptors (Lipinski definition) is 3. The summed E-state index contributed by atoms with van der Waals surface area (Å²) >= 11 is 0. The Bertz CT molecular complexity index is 325. The molecule has 19 heavy (non-hydrogen) atoms. The van der Waals surface area contributed by atoms with Crippen LogP contribution in [0.5, 0.6) is 0 Å². The molecule has 1 rings (SSSR count). The molecule has 0 aromatic heterocycles. The lowest BCUT2D eigenvalue weighted by Crippen LogP contribution is -2.48. The molecule has 1 aliphatic carbocycles. The van der Waals surface area contributed by atoms with Crippen molar-refractivity contribution in [2.75, 3.05) is 0 Å². The van der Waals surface area contributed by atoms with Gasteiger partial charge in [0.1, 0.15) is 11.6 Å². The quantitative estimate of drug-likeness (QED) is 0.798. The first-order valence-electron chi connectivity index (χ1n) is 7.24. The van der Waals surface area contributed by atoms with Gasteiger partial charge in [0.15, 0.2) is 0 Å². The van der Waals surface area contributed by atoms with E-state index in [9.17, 15) is 9.59 Å². The van der Waals surface area contributed by atoms with Gasteiger partial charge in [-0.2, -0.15) is 0 Å². The molecule has 0 unspecified atom stereocenters. The first kappa shape index (κ1) is 16.0. The minimum atomic E-state index is -0.549. The van der Waals surface area contributed by atoms with Crippen LogP contribution in [0.4, 0.5) is 0 Å². The van der Waals surface area contributed by atoms with Crippen molar-refractivity contribution in [3.05, 3.63) is 0 Å². The summed E-state index contributed by atoms with van der Waals surface area (Å²) in [6, 6.07) is -0.549. The van der Waals surface area contributed by atoms with E-state index in [2.05, 4.69) is 5.32 Å². The molecule has 1 saturated carbocycles. The van der Waals surface area contributed by atoms with Crippen molar-refractivity contribution >= 4 is 11.9 Å². The van der Waals surface area contributed by atoms with Crippen molar-refractivity contribution < 1.29 is 14.3 Å². The van der Waals surface area contributed by atoms with Gasteiger partial charge in [0.2, 0.25) is 5.91 Å². The van der Waals surface area contributed by atoms with Crippen molar-refractivity contribution in [1.29, 1.82) is 0 Å². The third kappa shape index (κ3) is 5.21. The van der Waals surface area contributed by atoms with Crippen molar-refractivity contribution in [3.8, 4) is 0 Å². The van der Waals surface area contributed by atoms with E-state index in [1.165, 1.54) is 0 Å². The van der Waals surface area contributed by atoms with E-state index in [0.29, 0.717) is 0 Å². The first-order chi connectivity index (χ1) is 8.70. The topological polar surface area (TPSA) is 55.4 Å². The minimum Gasteiger partial charge on any atom is -0.458 e. The standard InChI is InChI=1S/C15H27NO3/c1-10(2)12(14(18)19-15(3,4)5)16-13(17)11-8-6-7-9-11/h10-12H,6-9H2,1-5H3,(H,16,17)/t12-/m1/s1. The highest BCUT2D eigenvalue weighted by Crippen LogP contribution is 2.25. The van der Waals surface area contributed by atoms with Gasteiger partial charge in [-0.25, -0.2) is 4.79 Å². The van der Waals surface area contributed by atoms with Gasteiger partial charge < -0.3 is 10.1 Å². The fraction of sp³-hybridized carbons (Fsp3) is 0.867. The van der Waals surface area contributed by atoms with Crippen LogP contribution in [0.3, 0.4) is 0 Å². The highest BCUT2D eigenvalue weighted by molar-refractivity contribution is 5.86. The maximum atomic E-state index is 12.1. The number of ether oxygens (including phenoxy) is 1. The Labute approximate surface area is 116 Å². The fourth-order valence-corrected chi connectivity index (χ4v) is 2.32. The molecule has 1 atom stereocenters. The molecule has 1 amide bonds. The molecule has 0 aromatic carbocycles. The first-order valence-corrected chi connectivity index (χ1v) is 7.24. The number of nitrogens with one attached hydrogen (secondary N) is 1. The zero-order valence-corrected chi connectivity index (χ0v) is 12.8. The third-order valence-corrected chi connectivity index (χ3v) is 3.35. The molecular weight excluding hydrogens is 242 g/mol. The molecule has 1 N–H and O–H groups in total. The van der Waals surface area contributed by atoms with Crippen molar-refractivity contribution in [2.45, 2.75) is 71.9 Å². The van der Waals surface area contributed by atoms with Crippen molar-refractivity contribution in [3.63, 3.8) is 0 Å². The van der Waals surface area contributed by atoms with E-state index < -0.39 is 11.6 Å². The SMILES string of the molecule is CC(C)[C@@H](NC(=O)C1CCCC1)C(=O)OC(C)(C)C. The molecule has 0 aliphatic heterocycles. The number of carbonyl (C=O) groups excluding carboxylic acids is 2. The smallest absolute Gasteiger partial charge is 0.329 e. The van der Waals surface area contributed by atoms with Crippen LogP contribution in [0, 0.1) is 11.8 Å². The van der Waals surface area contributed by atoms with Gasteiger partial charge in [0, 0.05) is 5.92 Å². The Hall–Kier alpha value is -1.06. The number of amides is 1. The maximum Gasteiger partial charge on any atom is 0.329 e. The average molecular weight is 269 g/mol. The predicted molar refractivity (Wildman–Crippen MR) is 74.6 cm³/mol. The van der Waals surface area contributed by atoms with Crippen LogP contribution >= 0.6 is 0 Å². The second kappa shape index (κ2) is 6.40. The van der Waals surface area contributed by atoms with Crippen LogP contribution < -0.4 is 5.32 Å². The molecule has 1 fully saturated rings. The van der Waals surface area contributed by atoms with Gasteiger partial charge in [-0.15, -0.1) is 0 Å². The Morgan fingerprint density at radius 3 is 2.11 bits per heavy atom. The lowest BCUT2D eigenvalue weighted by Gasteiger charge is -2.27. The summed E-state index contributed by atoms with van der Waals surface area (Å²) in [6.45, 7) is 9.34. The van der Waals surface area contributed by atoms with Crippen LogP contribution in [0.15, 0.2) is 0 Å². The molecule has 4 heteroatoms. The van der Waals surface area contributed by atoms with Crippen LogP contribution in [0.2, 0.25) is 0 Å². The Morgan fingerprint density at radius 2 is 1.68 bits per heavy atom. The lowest BCUT2D eigenvalue weighted by molar-refractivity contribution is -0.160. The average Bonchev–Trinajstić information content (AvgIpc) is 2.75. The summed E-state index contributed by atoms with van der Waals surface area (Å²) in [5.41, 5.74) is -0.525. The molecular formula is C15H27NO3. The summed E-state index contributed by atoms with van der Waals surface area (Å²) in [5, 5.41) is 2.87. The monoisotopic (exact) mass is 269 g/mol. The molecule has 0 aromatic rings. The summed E-state index contributed by atoms with van der Waals surface area (Å²) < 4.78 is 5.37. The van der Waals surface area contributed by atoms with Gasteiger partial charge >= 0.3 is 5.97 Å². The van der Waals surface area contributed by atoms with E-state index >= 15 is 0 Å². The molecule has 0 spiro atoms. The number of hydrogen-bond donors (Lipinski definition) is 1. The van der Waals surface area contributed by atoms with E-state index in [4.69, 9.17) is 4.74 Å². The summed E-state index contributed by atoms with van der Waals surface area (Å²) in [7, 11) is 0. The van der Waals surface area contributed by atoms with Gasteiger partial charge in [0.05, 0.1) is 0 Å². The van der Waals surface area contributed by atoms with Crippen LogP contribution in [0.25, 0.3) is 0 Å². The van der Waals surface area contributed by atoms with E-state index in [1.807, 2.05) is 34.6 Å². The molecule has 0 heterocycles. The highest BCUT2D eigenvalue weighted by Gasteiger charge is 2.32. The Balaban J connectivity index is 2.62. The maximum absolute atomic E-state index is 12.1. The normalized spacial score (nSPS) is 18.4.